The van der Waals surface area contributed by atoms with Crippen molar-refractivity contribution in [1.29, 1.82) is 0 Å². The van der Waals surface area contributed by atoms with E-state index in [0.29, 0.717) is 17.9 Å². The lowest BCUT2D eigenvalue weighted by Crippen LogP contribution is -2.35. The molecule has 29 heavy (non-hydrogen) atoms. The third-order valence-corrected chi connectivity index (χ3v) is 5.50. The van der Waals surface area contributed by atoms with Crippen molar-refractivity contribution in [3.8, 4) is 11.3 Å². The van der Waals surface area contributed by atoms with Gasteiger partial charge in [-0.25, -0.2) is 9.59 Å². The maximum atomic E-state index is 12.8. The molecule has 6 heteroatoms. The molecule has 1 saturated carbocycles. The van der Waals surface area contributed by atoms with Crippen LogP contribution in [0.1, 0.15) is 47.8 Å². The number of imidazole rings is 1. The van der Waals surface area contributed by atoms with Gasteiger partial charge in [0.1, 0.15) is 0 Å². The first kappa shape index (κ1) is 19.2. The molecule has 0 saturated heterocycles. The molecule has 4 rings (SSSR count). The Morgan fingerprint density at radius 1 is 1.03 bits per heavy atom. The highest BCUT2D eigenvalue weighted by Gasteiger charge is 2.33. The molecule has 1 fully saturated rings. The van der Waals surface area contributed by atoms with Crippen LogP contribution in [0.2, 0.25) is 0 Å². The number of ether oxygens (including phenoxy) is 1. The lowest BCUT2D eigenvalue weighted by molar-refractivity contribution is -0.0167. The molecule has 0 aliphatic heterocycles. The van der Waals surface area contributed by atoms with Crippen molar-refractivity contribution in [2.24, 2.45) is 0 Å². The van der Waals surface area contributed by atoms with Crippen LogP contribution in [0.3, 0.4) is 0 Å². The summed E-state index contributed by atoms with van der Waals surface area (Å²) in [6, 6.07) is 18.9. The summed E-state index contributed by atoms with van der Waals surface area (Å²) in [6.07, 6.45) is 3.47. The van der Waals surface area contributed by atoms with E-state index >= 15 is 0 Å². The van der Waals surface area contributed by atoms with Gasteiger partial charge in [0.25, 0.3) is 0 Å². The van der Waals surface area contributed by atoms with Gasteiger partial charge in [0.05, 0.1) is 24.4 Å². The fourth-order valence-corrected chi connectivity index (χ4v) is 4.14. The summed E-state index contributed by atoms with van der Waals surface area (Å²) >= 11 is 0. The van der Waals surface area contributed by atoms with E-state index in [4.69, 9.17) is 4.74 Å². The predicted octanol–water partition coefficient (Wildman–Crippen LogP) is 4.24. The minimum atomic E-state index is -1.14. The van der Waals surface area contributed by atoms with Crippen molar-refractivity contribution in [1.82, 2.24) is 9.55 Å². The zero-order valence-electron chi connectivity index (χ0n) is 16.1. The van der Waals surface area contributed by atoms with Crippen LogP contribution in [0.4, 0.5) is 0 Å². The van der Waals surface area contributed by atoms with E-state index < -0.39 is 11.7 Å². The molecule has 1 aromatic heterocycles. The normalized spacial score (nSPS) is 19.2. The van der Waals surface area contributed by atoms with E-state index in [0.717, 1.165) is 31.2 Å². The van der Waals surface area contributed by atoms with Crippen LogP contribution in [0.15, 0.2) is 65.5 Å². The number of H-pyrrole nitrogens is 1. The molecule has 1 aliphatic rings. The second kappa shape index (κ2) is 8.49. The number of nitrogens with zero attached hydrogens (tertiary/aromatic N) is 1. The summed E-state index contributed by atoms with van der Waals surface area (Å²) in [7, 11) is 0. The standard InChI is InChI=1S/C23H24N2O4/c26-22(27)20-21(17-11-5-2-6-12-17)25(23(28)24-20)18-13-7-8-14-19(18)29-15-16-9-3-1-4-10-16/h1-6,9-12,18-19H,7-8,13-15H2,(H,24,28)(H,26,27)/t18-,19+/m0/s1. The van der Waals surface area contributed by atoms with Crippen molar-refractivity contribution in [2.45, 2.75) is 44.4 Å². The first-order chi connectivity index (χ1) is 14.1. The number of aromatic nitrogens is 2. The number of nitrogens with one attached hydrogen (secondary N) is 1. The summed E-state index contributed by atoms with van der Waals surface area (Å²) in [5.41, 5.74) is 1.72. The highest BCUT2D eigenvalue weighted by molar-refractivity contribution is 5.93. The Labute approximate surface area is 168 Å². The number of carbonyl (C=O) groups is 1. The second-order valence-electron chi connectivity index (χ2n) is 7.38. The number of aromatic amines is 1. The average molecular weight is 392 g/mol. The van der Waals surface area contributed by atoms with Crippen LogP contribution in [-0.4, -0.2) is 26.7 Å². The predicted molar refractivity (Wildman–Crippen MR) is 110 cm³/mol. The Kier molecular flexibility index (Phi) is 5.62. The van der Waals surface area contributed by atoms with Gasteiger partial charge < -0.3 is 9.84 Å². The van der Waals surface area contributed by atoms with Crippen LogP contribution >= 0.6 is 0 Å². The minimum absolute atomic E-state index is 0.0754. The number of carboxylic acids is 1. The molecule has 0 unspecified atom stereocenters. The van der Waals surface area contributed by atoms with E-state index in [-0.39, 0.29) is 17.8 Å². The summed E-state index contributed by atoms with van der Waals surface area (Å²) in [5, 5.41) is 9.67. The van der Waals surface area contributed by atoms with Crippen molar-refractivity contribution in [2.75, 3.05) is 0 Å². The maximum absolute atomic E-state index is 12.8. The average Bonchev–Trinajstić information content (AvgIpc) is 3.11. The van der Waals surface area contributed by atoms with Gasteiger partial charge >= 0.3 is 11.7 Å². The Balaban J connectivity index is 1.71. The Hall–Kier alpha value is -3.12. The fraction of sp³-hybridized carbons (Fsp3) is 0.304. The van der Waals surface area contributed by atoms with Gasteiger partial charge in [0.2, 0.25) is 0 Å². The van der Waals surface area contributed by atoms with E-state index in [1.165, 1.54) is 0 Å². The Bertz CT molecular complexity index is 1020. The Morgan fingerprint density at radius 3 is 2.38 bits per heavy atom. The molecule has 0 spiro atoms. The van der Waals surface area contributed by atoms with Crippen LogP contribution < -0.4 is 5.69 Å². The van der Waals surface area contributed by atoms with Gasteiger partial charge in [-0.15, -0.1) is 0 Å². The molecule has 3 aromatic rings. The number of hydrogen-bond acceptors (Lipinski definition) is 3. The van der Waals surface area contributed by atoms with Crippen molar-refractivity contribution >= 4 is 5.97 Å². The van der Waals surface area contributed by atoms with Gasteiger partial charge in [0.15, 0.2) is 5.69 Å². The van der Waals surface area contributed by atoms with Crippen molar-refractivity contribution in [3.63, 3.8) is 0 Å². The molecule has 2 N–H and O–H groups in total. The largest absolute Gasteiger partial charge is 0.477 e. The van der Waals surface area contributed by atoms with E-state index in [1.807, 2.05) is 60.7 Å². The number of hydrogen-bond donors (Lipinski definition) is 2. The van der Waals surface area contributed by atoms with Gasteiger partial charge in [-0.2, -0.15) is 0 Å². The maximum Gasteiger partial charge on any atom is 0.354 e. The molecule has 0 bridgehead atoms. The summed E-state index contributed by atoms with van der Waals surface area (Å²) in [6.45, 7) is 0.466. The number of benzene rings is 2. The van der Waals surface area contributed by atoms with Gasteiger partial charge in [-0.3, -0.25) is 9.55 Å². The van der Waals surface area contributed by atoms with E-state index in [1.54, 1.807) is 4.57 Å². The molecule has 2 atom stereocenters. The summed E-state index contributed by atoms with van der Waals surface area (Å²) in [5.74, 6) is -1.14. The van der Waals surface area contributed by atoms with Crippen LogP contribution in [0.5, 0.6) is 0 Å². The van der Waals surface area contributed by atoms with Crippen LogP contribution in [-0.2, 0) is 11.3 Å². The zero-order chi connectivity index (χ0) is 20.2. The van der Waals surface area contributed by atoms with Crippen molar-refractivity contribution < 1.29 is 14.6 Å². The number of carboxylic acid groups (broad SMARTS) is 1. The van der Waals surface area contributed by atoms with Gasteiger partial charge in [-0.05, 0) is 18.4 Å². The molecule has 0 radical (unpaired) electrons. The highest BCUT2D eigenvalue weighted by atomic mass is 16.5. The smallest absolute Gasteiger partial charge is 0.354 e. The van der Waals surface area contributed by atoms with E-state index in [9.17, 15) is 14.7 Å². The SMILES string of the molecule is O=C(O)c1[nH]c(=O)n([C@H]2CCCC[C@H]2OCc2ccccc2)c1-c1ccccc1. The van der Waals surface area contributed by atoms with E-state index in [2.05, 4.69) is 4.98 Å². The number of aromatic carboxylic acids is 1. The van der Waals surface area contributed by atoms with Gasteiger partial charge in [0, 0.05) is 5.56 Å². The van der Waals surface area contributed by atoms with Crippen molar-refractivity contribution in [3.05, 3.63) is 82.4 Å². The summed E-state index contributed by atoms with van der Waals surface area (Å²) in [4.78, 5) is 27.2. The molecule has 2 aromatic carbocycles. The van der Waals surface area contributed by atoms with Gasteiger partial charge in [-0.1, -0.05) is 73.5 Å². The molecular weight excluding hydrogens is 368 g/mol. The lowest BCUT2D eigenvalue weighted by atomic mass is 9.91. The van der Waals surface area contributed by atoms with Crippen LogP contribution in [0, 0.1) is 0 Å². The molecule has 1 aliphatic carbocycles. The topological polar surface area (TPSA) is 84.3 Å². The lowest BCUT2D eigenvalue weighted by Gasteiger charge is -2.33. The molecule has 0 amide bonds. The first-order valence-electron chi connectivity index (χ1n) is 9.94. The Morgan fingerprint density at radius 2 is 1.69 bits per heavy atom. The molecular formula is C23H24N2O4. The zero-order valence-corrected chi connectivity index (χ0v) is 16.1. The third-order valence-electron chi connectivity index (χ3n) is 5.50. The second-order valence-corrected chi connectivity index (χ2v) is 7.38. The number of rotatable bonds is 6. The monoisotopic (exact) mass is 392 g/mol. The van der Waals surface area contributed by atoms with Crippen LogP contribution in [0.25, 0.3) is 11.3 Å². The third kappa shape index (κ3) is 4.03. The molecule has 1 heterocycles. The molecule has 6 nitrogen and oxygen atoms in total. The minimum Gasteiger partial charge on any atom is -0.477 e. The fourth-order valence-electron chi connectivity index (χ4n) is 4.14. The highest BCUT2D eigenvalue weighted by Crippen LogP contribution is 2.35. The molecule has 150 valence electrons. The quantitative estimate of drug-likeness (QED) is 0.657. The first-order valence-corrected chi connectivity index (χ1v) is 9.94. The summed E-state index contributed by atoms with van der Waals surface area (Å²) < 4.78 is 7.84.